The highest BCUT2D eigenvalue weighted by Crippen LogP contribution is 2.52. The van der Waals surface area contributed by atoms with E-state index in [9.17, 15) is 0 Å². The number of fused-ring (bicyclic) bond motifs is 9. The Morgan fingerprint density at radius 2 is 0.922 bits per heavy atom. The summed E-state index contributed by atoms with van der Waals surface area (Å²) in [6.45, 7) is 4.68. The fourth-order valence-corrected chi connectivity index (χ4v) is 8.26. The van der Waals surface area contributed by atoms with Crippen molar-refractivity contribution in [1.82, 2.24) is 0 Å². The van der Waals surface area contributed by atoms with E-state index >= 15 is 0 Å². The zero-order valence-electron chi connectivity index (χ0n) is 28.6. The normalized spacial score (nSPS) is 13.2. The summed E-state index contributed by atoms with van der Waals surface area (Å²) in [4.78, 5) is 2.35. The number of anilines is 3. The minimum absolute atomic E-state index is 0.0999. The molecule has 242 valence electrons. The summed E-state index contributed by atoms with van der Waals surface area (Å²) in [5.41, 5.74) is 15.3. The number of ether oxygens (including phenoxy) is 1. The van der Waals surface area contributed by atoms with E-state index < -0.39 is 0 Å². The van der Waals surface area contributed by atoms with Crippen molar-refractivity contribution < 1.29 is 4.74 Å². The predicted molar refractivity (Wildman–Crippen MR) is 213 cm³/mol. The molecular formula is C49H35NO. The number of nitrogens with zero attached hydrogens (tertiary/aromatic N) is 1. The highest BCUT2D eigenvalue weighted by Gasteiger charge is 2.36. The van der Waals surface area contributed by atoms with Crippen LogP contribution in [-0.4, -0.2) is 0 Å². The summed E-state index contributed by atoms with van der Waals surface area (Å²) >= 11 is 0. The molecule has 1 heterocycles. The molecule has 0 fully saturated rings. The van der Waals surface area contributed by atoms with Crippen molar-refractivity contribution in [2.75, 3.05) is 4.90 Å². The van der Waals surface area contributed by atoms with E-state index in [2.05, 4.69) is 195 Å². The van der Waals surface area contributed by atoms with Crippen molar-refractivity contribution in [3.63, 3.8) is 0 Å². The Kier molecular flexibility index (Phi) is 6.56. The number of rotatable bonds is 4. The monoisotopic (exact) mass is 653 g/mol. The van der Waals surface area contributed by atoms with Crippen molar-refractivity contribution in [2.24, 2.45) is 0 Å². The molecule has 8 aromatic carbocycles. The van der Waals surface area contributed by atoms with E-state index in [4.69, 9.17) is 4.74 Å². The molecule has 51 heavy (non-hydrogen) atoms. The van der Waals surface area contributed by atoms with Gasteiger partial charge in [-0.1, -0.05) is 129 Å². The molecule has 0 aromatic heterocycles. The van der Waals surface area contributed by atoms with Crippen LogP contribution in [-0.2, 0) is 5.41 Å². The largest absolute Gasteiger partial charge is 0.456 e. The Morgan fingerprint density at radius 1 is 0.373 bits per heavy atom. The quantitative estimate of drug-likeness (QED) is 0.187. The van der Waals surface area contributed by atoms with Crippen molar-refractivity contribution in [3.05, 3.63) is 187 Å². The van der Waals surface area contributed by atoms with Crippen LogP contribution < -0.4 is 9.64 Å². The van der Waals surface area contributed by atoms with Crippen molar-refractivity contribution in [1.29, 1.82) is 0 Å². The molecule has 0 amide bonds. The Hall–Kier alpha value is -6.38. The molecule has 1 aliphatic carbocycles. The molecule has 10 rings (SSSR count). The smallest absolute Gasteiger partial charge is 0.137 e. The number of hydrogen-bond donors (Lipinski definition) is 0. The van der Waals surface area contributed by atoms with Crippen LogP contribution in [0.25, 0.3) is 55.3 Å². The number of benzene rings is 8. The van der Waals surface area contributed by atoms with Crippen LogP contribution in [0.15, 0.2) is 176 Å². The summed E-state index contributed by atoms with van der Waals surface area (Å²) in [6, 6.07) is 63.5. The van der Waals surface area contributed by atoms with Gasteiger partial charge in [-0.15, -0.1) is 0 Å². The maximum absolute atomic E-state index is 7.02. The summed E-state index contributed by atoms with van der Waals surface area (Å²) in [6.07, 6.45) is 0. The van der Waals surface area contributed by atoms with Crippen LogP contribution in [0.3, 0.4) is 0 Å². The Morgan fingerprint density at radius 3 is 1.71 bits per heavy atom. The molecule has 0 spiro atoms. The average Bonchev–Trinajstić information content (AvgIpc) is 3.31. The van der Waals surface area contributed by atoms with E-state index in [0.717, 1.165) is 45.3 Å². The minimum Gasteiger partial charge on any atom is -0.456 e. The fourth-order valence-electron chi connectivity index (χ4n) is 8.26. The van der Waals surface area contributed by atoms with Gasteiger partial charge in [-0.05, 0) is 110 Å². The van der Waals surface area contributed by atoms with E-state index in [-0.39, 0.29) is 5.41 Å². The first-order valence-electron chi connectivity index (χ1n) is 17.7. The highest BCUT2D eigenvalue weighted by atomic mass is 16.5. The molecule has 2 heteroatoms. The van der Waals surface area contributed by atoms with E-state index in [1.165, 1.54) is 49.7 Å². The maximum atomic E-state index is 7.02. The van der Waals surface area contributed by atoms with Gasteiger partial charge in [0.1, 0.15) is 11.5 Å². The SMILES string of the molecule is CC1(C)c2ccccc2-c2ccc(N(c3ccccc3)c3ccc4c(c3)Oc3cc(-c5ccc6ccccc6c5)ccc3-c3ccccc3-4)cc21. The molecular weight excluding hydrogens is 619 g/mol. The third-order valence-corrected chi connectivity index (χ3v) is 10.9. The van der Waals surface area contributed by atoms with Crippen LogP contribution in [0.1, 0.15) is 25.0 Å². The molecule has 0 bridgehead atoms. The minimum atomic E-state index is -0.0999. The second-order valence-corrected chi connectivity index (χ2v) is 14.2. The van der Waals surface area contributed by atoms with Gasteiger partial charge < -0.3 is 9.64 Å². The van der Waals surface area contributed by atoms with E-state index in [0.29, 0.717) is 0 Å². The maximum Gasteiger partial charge on any atom is 0.137 e. The van der Waals surface area contributed by atoms with Crippen molar-refractivity contribution in [3.8, 4) is 56.0 Å². The number of hydrogen-bond acceptors (Lipinski definition) is 2. The first-order chi connectivity index (χ1) is 25.0. The fraction of sp³-hybridized carbons (Fsp3) is 0.0612. The van der Waals surface area contributed by atoms with Gasteiger partial charge in [0.15, 0.2) is 0 Å². The molecule has 0 N–H and O–H groups in total. The van der Waals surface area contributed by atoms with Gasteiger partial charge in [0.25, 0.3) is 0 Å². The van der Waals surface area contributed by atoms with Crippen LogP contribution >= 0.6 is 0 Å². The van der Waals surface area contributed by atoms with Gasteiger partial charge in [-0.2, -0.15) is 0 Å². The second-order valence-electron chi connectivity index (χ2n) is 14.2. The van der Waals surface area contributed by atoms with Crippen LogP contribution in [0, 0.1) is 0 Å². The Bertz CT molecular complexity index is 2650. The lowest BCUT2D eigenvalue weighted by atomic mass is 9.82. The molecule has 0 saturated carbocycles. The molecule has 0 saturated heterocycles. The molecule has 8 aromatic rings. The van der Waals surface area contributed by atoms with Gasteiger partial charge in [-0.3, -0.25) is 0 Å². The van der Waals surface area contributed by atoms with Gasteiger partial charge in [0.05, 0.1) is 0 Å². The van der Waals surface area contributed by atoms with Gasteiger partial charge in [0, 0.05) is 39.7 Å². The lowest BCUT2D eigenvalue weighted by Crippen LogP contribution is -2.16. The van der Waals surface area contributed by atoms with Gasteiger partial charge in [-0.25, -0.2) is 0 Å². The highest BCUT2D eigenvalue weighted by molar-refractivity contribution is 5.94. The summed E-state index contributed by atoms with van der Waals surface area (Å²) < 4.78 is 7.02. The number of para-hydroxylation sites is 1. The van der Waals surface area contributed by atoms with Crippen LogP contribution in [0.5, 0.6) is 11.5 Å². The third kappa shape index (κ3) is 4.71. The standard InChI is InChI=1S/C49H35NO/c1-49(2)45-19-11-10-18-41(45)42-26-23-37(30-46(42)49)50(36-14-4-3-5-15-36)38-24-27-44-40-17-9-8-16-39(40)43-25-22-35(29-47(43)51-48(44)31-38)34-21-20-32-12-6-7-13-33(32)28-34/h3-31H,1-2H3. The zero-order chi connectivity index (χ0) is 34.1. The Labute approximate surface area is 298 Å². The first-order valence-corrected chi connectivity index (χ1v) is 17.7. The van der Waals surface area contributed by atoms with E-state index in [1.807, 2.05) is 0 Å². The topological polar surface area (TPSA) is 12.5 Å². The lowest BCUT2D eigenvalue weighted by molar-refractivity contribution is 0.488. The summed E-state index contributed by atoms with van der Waals surface area (Å²) in [5.74, 6) is 1.69. The van der Waals surface area contributed by atoms with Crippen LogP contribution in [0.2, 0.25) is 0 Å². The lowest BCUT2D eigenvalue weighted by Gasteiger charge is -2.28. The zero-order valence-corrected chi connectivity index (χ0v) is 28.6. The van der Waals surface area contributed by atoms with Gasteiger partial charge in [0.2, 0.25) is 0 Å². The van der Waals surface area contributed by atoms with Gasteiger partial charge >= 0.3 is 0 Å². The second kappa shape index (κ2) is 11.3. The molecule has 2 aliphatic rings. The Balaban J connectivity index is 1.12. The molecule has 0 unspecified atom stereocenters. The van der Waals surface area contributed by atoms with E-state index in [1.54, 1.807) is 0 Å². The first kappa shape index (κ1) is 29.5. The summed E-state index contributed by atoms with van der Waals surface area (Å²) in [7, 11) is 0. The summed E-state index contributed by atoms with van der Waals surface area (Å²) in [5, 5.41) is 2.47. The predicted octanol–water partition coefficient (Wildman–Crippen LogP) is 13.7. The molecule has 2 nitrogen and oxygen atoms in total. The third-order valence-electron chi connectivity index (χ3n) is 10.9. The van der Waals surface area contributed by atoms with Crippen molar-refractivity contribution >= 4 is 27.8 Å². The average molecular weight is 654 g/mol. The van der Waals surface area contributed by atoms with Crippen molar-refractivity contribution in [2.45, 2.75) is 19.3 Å². The molecule has 1 aliphatic heterocycles. The van der Waals surface area contributed by atoms with Crippen LogP contribution in [0.4, 0.5) is 17.1 Å². The molecule has 0 radical (unpaired) electrons. The molecule has 0 atom stereocenters.